The smallest absolute Gasteiger partial charge is 0.356 e. The third-order valence-electron chi connectivity index (χ3n) is 7.15. The van der Waals surface area contributed by atoms with Crippen LogP contribution in [-0.4, -0.2) is 98.0 Å². The van der Waals surface area contributed by atoms with Gasteiger partial charge in [0.2, 0.25) is 0 Å². The largest absolute Gasteiger partial charge is 0.477 e. The molecule has 3 N–H and O–H groups in total. The number of fused-ring (bicyclic) bond motifs is 3. The van der Waals surface area contributed by atoms with E-state index in [1.807, 2.05) is 6.92 Å². The Morgan fingerprint density at radius 2 is 1.11 bits per heavy atom. The highest BCUT2D eigenvalue weighted by Crippen LogP contribution is 2.12. The van der Waals surface area contributed by atoms with E-state index in [2.05, 4.69) is 45.0 Å². The molecule has 0 spiro atoms. The first-order chi connectivity index (χ1) is 25.8. The van der Waals surface area contributed by atoms with Crippen molar-refractivity contribution >= 4 is 46.7 Å². The van der Waals surface area contributed by atoms with Gasteiger partial charge in [-0.1, -0.05) is 6.07 Å². The van der Waals surface area contributed by atoms with Gasteiger partial charge in [0.1, 0.15) is 5.69 Å². The first kappa shape index (κ1) is 37.5. The van der Waals surface area contributed by atoms with Gasteiger partial charge >= 0.3 is 23.9 Å². The van der Waals surface area contributed by atoms with Gasteiger partial charge in [0.05, 0.1) is 32.8 Å². The van der Waals surface area contributed by atoms with Gasteiger partial charge in [-0.25, -0.2) is 56.5 Å². The van der Waals surface area contributed by atoms with Crippen LogP contribution in [-0.2, 0) is 16.0 Å². The van der Waals surface area contributed by atoms with E-state index in [0.717, 1.165) is 39.0 Å². The number of methoxy groups -OCH3 is 2. The Hall–Kier alpha value is -7.71. The van der Waals surface area contributed by atoms with Crippen LogP contribution in [0.15, 0.2) is 73.2 Å². The lowest BCUT2D eigenvalue weighted by Gasteiger charge is -2.07. The predicted molar refractivity (Wildman–Crippen MR) is 178 cm³/mol. The van der Waals surface area contributed by atoms with E-state index in [9.17, 15) is 37.9 Å². The Labute approximate surface area is 300 Å². The molecule has 0 saturated heterocycles. The number of aromatic carboxylic acids is 2. The first-order valence-corrected chi connectivity index (χ1v) is 15.2. The molecule has 0 aliphatic rings. The number of aromatic nitrogens is 9. The fraction of sp³-hybridized carbons (Fsp3) is 0.121. The molecule has 0 saturated carbocycles. The van der Waals surface area contributed by atoms with Gasteiger partial charge in [0, 0.05) is 42.6 Å². The molecule has 0 radical (unpaired) electrons. The monoisotopic (exact) mass is 744 g/mol. The van der Waals surface area contributed by atoms with Crippen molar-refractivity contribution in [3.63, 3.8) is 0 Å². The zero-order valence-electron chi connectivity index (χ0n) is 28.2. The van der Waals surface area contributed by atoms with Gasteiger partial charge in [-0.15, -0.1) is 0 Å². The number of halogens is 2. The van der Waals surface area contributed by atoms with E-state index in [0.29, 0.717) is 16.9 Å². The molecule has 0 aliphatic heterocycles. The van der Waals surface area contributed by atoms with Gasteiger partial charge in [-0.2, -0.15) is 15.3 Å². The normalized spacial score (nSPS) is 10.5. The lowest BCUT2D eigenvalue weighted by molar-refractivity contribution is 0.0584. The zero-order chi connectivity index (χ0) is 39.1. The highest BCUT2D eigenvalue weighted by molar-refractivity contribution is 5.96. The van der Waals surface area contributed by atoms with E-state index < -0.39 is 41.4 Å². The van der Waals surface area contributed by atoms with Crippen molar-refractivity contribution in [2.24, 2.45) is 0 Å². The summed E-state index contributed by atoms with van der Waals surface area (Å²) in [5.41, 5.74) is 2.08. The molecule has 0 unspecified atom stereocenters. The van der Waals surface area contributed by atoms with Crippen molar-refractivity contribution in [3.05, 3.63) is 125 Å². The number of amides is 1. The third-order valence-corrected chi connectivity index (χ3v) is 7.15. The molecule has 276 valence electrons. The summed E-state index contributed by atoms with van der Waals surface area (Å²) >= 11 is 0. The fourth-order valence-corrected chi connectivity index (χ4v) is 4.66. The minimum Gasteiger partial charge on any atom is -0.477 e. The zero-order valence-corrected chi connectivity index (χ0v) is 28.2. The van der Waals surface area contributed by atoms with Crippen LogP contribution in [0.2, 0.25) is 0 Å². The van der Waals surface area contributed by atoms with Crippen LogP contribution in [0.1, 0.15) is 63.7 Å². The Morgan fingerprint density at radius 3 is 1.61 bits per heavy atom. The summed E-state index contributed by atoms with van der Waals surface area (Å²) in [6.45, 7) is 1.79. The lowest BCUT2D eigenvalue weighted by Crippen LogP contribution is -2.25. The molecule has 0 aliphatic carbocycles. The number of nitrogens with one attached hydrogen (secondary N) is 1. The standard InChI is InChI=1S/C15H10F2N4O3.C9H7N3O4.C9H9N3O2/c16-9-2-1-8(5-10(9)17)7-18-14(22)11-6-12(15(23)24)21-13(20-11)3-4-19-21;1-16-9(15)5-4-6(8(13)14)12-7(11-5)2-3-10-12;1-6-5-7(9(13)14-2)11-8-3-4-10-12(6)8/h1-6H,7H2,(H,18,22)(H,23,24);2-4H,1H3,(H,13,14);3-5H,1-2H3. The molecule has 21 heteroatoms. The number of carbonyl (C=O) groups excluding carboxylic acids is 3. The summed E-state index contributed by atoms with van der Waals surface area (Å²) in [7, 11) is 2.53. The highest BCUT2D eigenvalue weighted by atomic mass is 19.2. The molecule has 19 nitrogen and oxygen atoms in total. The number of hydrogen-bond donors (Lipinski definition) is 3. The molecule has 6 aromatic heterocycles. The second-order valence-electron chi connectivity index (χ2n) is 10.7. The summed E-state index contributed by atoms with van der Waals surface area (Å²) in [4.78, 5) is 68.8. The maximum absolute atomic E-state index is 13.1. The van der Waals surface area contributed by atoms with Crippen molar-refractivity contribution < 1.29 is 52.4 Å². The maximum atomic E-state index is 13.1. The molecular formula is C33H26F2N10O9. The lowest BCUT2D eigenvalue weighted by atomic mass is 10.2. The maximum Gasteiger partial charge on any atom is 0.356 e. The molecule has 0 fully saturated rings. The van der Waals surface area contributed by atoms with E-state index in [-0.39, 0.29) is 40.6 Å². The summed E-state index contributed by atoms with van der Waals surface area (Å²) < 4.78 is 38.9. The van der Waals surface area contributed by atoms with E-state index in [1.165, 1.54) is 44.8 Å². The Morgan fingerprint density at radius 1 is 0.648 bits per heavy atom. The summed E-state index contributed by atoms with van der Waals surface area (Å²) in [6.07, 6.45) is 4.39. The number of nitrogens with zero attached hydrogens (tertiary/aromatic N) is 9. The minimum absolute atomic E-state index is 0.0621. The van der Waals surface area contributed by atoms with Gasteiger partial charge in [0.15, 0.2) is 51.4 Å². The number of esters is 2. The number of carbonyl (C=O) groups is 5. The summed E-state index contributed by atoms with van der Waals surface area (Å²) in [5.74, 6) is -6.23. The molecular weight excluding hydrogens is 718 g/mol. The van der Waals surface area contributed by atoms with Gasteiger partial charge in [-0.3, -0.25) is 4.79 Å². The van der Waals surface area contributed by atoms with Crippen molar-refractivity contribution in [1.29, 1.82) is 0 Å². The van der Waals surface area contributed by atoms with Crippen molar-refractivity contribution in [1.82, 2.24) is 49.1 Å². The SMILES string of the molecule is COC(=O)c1cc(C(=O)O)n2nccc2n1.COC(=O)c1cc(C)n2nccc2n1.O=C(NCc1ccc(F)c(F)c1)c1cc(C(=O)O)n2nccc2n1. The second kappa shape index (κ2) is 16.1. The first-order valence-electron chi connectivity index (χ1n) is 15.2. The number of benzene rings is 1. The number of aryl methyl sites for hydroxylation is 1. The average molecular weight is 745 g/mol. The molecule has 6 heterocycles. The van der Waals surface area contributed by atoms with Gasteiger partial charge in [0.25, 0.3) is 5.91 Å². The fourth-order valence-electron chi connectivity index (χ4n) is 4.66. The van der Waals surface area contributed by atoms with Crippen molar-refractivity contribution in [2.75, 3.05) is 14.2 Å². The van der Waals surface area contributed by atoms with Crippen LogP contribution in [0.25, 0.3) is 16.9 Å². The quantitative estimate of drug-likeness (QED) is 0.199. The molecule has 7 rings (SSSR count). The van der Waals surface area contributed by atoms with Crippen LogP contribution in [0, 0.1) is 18.6 Å². The molecule has 54 heavy (non-hydrogen) atoms. The molecule has 7 aromatic rings. The van der Waals surface area contributed by atoms with Crippen molar-refractivity contribution in [2.45, 2.75) is 13.5 Å². The van der Waals surface area contributed by atoms with Crippen LogP contribution < -0.4 is 5.32 Å². The highest BCUT2D eigenvalue weighted by Gasteiger charge is 2.18. The number of carboxylic acids is 2. The predicted octanol–water partition coefficient (Wildman–Crippen LogP) is 2.67. The number of rotatable bonds is 7. The van der Waals surface area contributed by atoms with Crippen molar-refractivity contribution in [3.8, 4) is 0 Å². The number of ether oxygens (including phenoxy) is 2. The van der Waals surface area contributed by atoms with Crippen LogP contribution in [0.5, 0.6) is 0 Å². The van der Waals surface area contributed by atoms with E-state index in [1.54, 1.807) is 22.8 Å². The van der Waals surface area contributed by atoms with Gasteiger partial charge < -0.3 is 25.0 Å². The Kier molecular flexibility index (Phi) is 11.2. The molecule has 1 aromatic carbocycles. The molecule has 0 bridgehead atoms. The van der Waals surface area contributed by atoms with Crippen LogP contribution in [0.3, 0.4) is 0 Å². The van der Waals surface area contributed by atoms with Crippen LogP contribution in [0.4, 0.5) is 8.78 Å². The number of hydrogen-bond acceptors (Lipinski definition) is 13. The minimum atomic E-state index is -1.26. The average Bonchev–Trinajstić information content (AvgIpc) is 3.95. The summed E-state index contributed by atoms with van der Waals surface area (Å²) in [6, 6.07) is 11.8. The summed E-state index contributed by atoms with van der Waals surface area (Å²) in [5, 5.41) is 32.2. The van der Waals surface area contributed by atoms with Gasteiger partial charge in [-0.05, 0) is 30.7 Å². The van der Waals surface area contributed by atoms with E-state index in [4.69, 9.17) is 5.11 Å². The Balaban J connectivity index is 0.000000163. The topological polar surface area (TPSA) is 247 Å². The van der Waals surface area contributed by atoms with Crippen LogP contribution >= 0.6 is 0 Å². The second-order valence-corrected chi connectivity index (χ2v) is 10.7. The Bertz CT molecular complexity index is 2570. The third kappa shape index (κ3) is 8.25. The molecule has 1 amide bonds. The number of carboxylic acid groups (broad SMARTS) is 2. The van der Waals surface area contributed by atoms with E-state index >= 15 is 0 Å². The molecule has 0 atom stereocenters.